The average Bonchev–Trinajstić information content (AvgIpc) is 2.86. The summed E-state index contributed by atoms with van der Waals surface area (Å²) in [5.41, 5.74) is 1.78. The molecule has 0 spiro atoms. The number of anilines is 1. The molecule has 1 aromatic heterocycles. The van der Waals surface area contributed by atoms with Gasteiger partial charge in [-0.15, -0.1) is 0 Å². The quantitative estimate of drug-likeness (QED) is 0.942. The molecule has 3 rings (SSSR count). The van der Waals surface area contributed by atoms with Crippen LogP contribution in [0.15, 0.2) is 30.3 Å². The van der Waals surface area contributed by atoms with Crippen LogP contribution in [0.5, 0.6) is 0 Å². The van der Waals surface area contributed by atoms with Crippen molar-refractivity contribution in [3.63, 3.8) is 0 Å². The molecule has 2 heterocycles. The lowest BCUT2D eigenvalue weighted by Crippen LogP contribution is -2.32. The van der Waals surface area contributed by atoms with E-state index in [1.807, 2.05) is 30.3 Å². The van der Waals surface area contributed by atoms with Crippen LogP contribution < -0.4 is 4.90 Å². The number of nitrogens with zero attached hydrogens (tertiary/aromatic N) is 3. The van der Waals surface area contributed by atoms with E-state index in [1.165, 1.54) is 6.42 Å². The number of carboxylic acid groups (broad SMARTS) is 1. The van der Waals surface area contributed by atoms with Gasteiger partial charge < -0.3 is 10.0 Å². The first-order chi connectivity index (χ1) is 10.2. The topological polar surface area (TPSA) is 58.4 Å². The molecular formula is C16H19N3O2. The van der Waals surface area contributed by atoms with Crippen molar-refractivity contribution in [2.24, 2.45) is 0 Å². The molecule has 0 amide bonds. The molecule has 110 valence electrons. The predicted octanol–water partition coefficient (Wildman–Crippen LogP) is 2.87. The Balaban J connectivity index is 2.15. The number of piperidine rings is 1. The van der Waals surface area contributed by atoms with E-state index < -0.39 is 5.97 Å². The summed E-state index contributed by atoms with van der Waals surface area (Å²) in [4.78, 5) is 13.8. The molecule has 0 unspecified atom stereocenters. The zero-order chi connectivity index (χ0) is 14.8. The van der Waals surface area contributed by atoms with Gasteiger partial charge >= 0.3 is 5.97 Å². The van der Waals surface area contributed by atoms with Gasteiger partial charge in [0.2, 0.25) is 0 Å². The first kappa shape index (κ1) is 13.7. The SMILES string of the molecule is Cc1nn(-c2ccccc2)c(N2CCCCC2)c1C(=O)O. The molecule has 0 atom stereocenters. The highest BCUT2D eigenvalue weighted by molar-refractivity contribution is 5.95. The molecule has 1 saturated heterocycles. The Morgan fingerprint density at radius 3 is 2.43 bits per heavy atom. The van der Waals surface area contributed by atoms with Gasteiger partial charge in [-0.1, -0.05) is 18.2 Å². The van der Waals surface area contributed by atoms with Gasteiger partial charge in [0.05, 0.1) is 11.4 Å². The Morgan fingerprint density at radius 2 is 1.81 bits per heavy atom. The molecule has 1 N–H and O–H groups in total. The number of carbonyl (C=O) groups is 1. The van der Waals surface area contributed by atoms with Gasteiger partial charge in [0, 0.05) is 13.1 Å². The fourth-order valence-electron chi connectivity index (χ4n) is 2.91. The van der Waals surface area contributed by atoms with Crippen molar-refractivity contribution in [1.29, 1.82) is 0 Å². The zero-order valence-electron chi connectivity index (χ0n) is 12.1. The fourth-order valence-corrected chi connectivity index (χ4v) is 2.91. The summed E-state index contributed by atoms with van der Waals surface area (Å²) < 4.78 is 1.77. The van der Waals surface area contributed by atoms with Crippen molar-refractivity contribution in [2.75, 3.05) is 18.0 Å². The fraction of sp³-hybridized carbons (Fsp3) is 0.375. The minimum absolute atomic E-state index is 0.320. The summed E-state index contributed by atoms with van der Waals surface area (Å²) >= 11 is 0. The van der Waals surface area contributed by atoms with Crippen molar-refractivity contribution in [3.8, 4) is 5.69 Å². The Morgan fingerprint density at radius 1 is 1.14 bits per heavy atom. The minimum Gasteiger partial charge on any atom is -0.477 e. The Kier molecular flexibility index (Phi) is 3.64. The Bertz CT molecular complexity index is 643. The Hall–Kier alpha value is -2.30. The van der Waals surface area contributed by atoms with E-state index in [-0.39, 0.29) is 0 Å². The lowest BCUT2D eigenvalue weighted by molar-refractivity contribution is 0.0696. The van der Waals surface area contributed by atoms with E-state index >= 15 is 0 Å². The van der Waals surface area contributed by atoms with Crippen molar-refractivity contribution < 1.29 is 9.90 Å². The number of rotatable bonds is 3. The third kappa shape index (κ3) is 2.51. The lowest BCUT2D eigenvalue weighted by atomic mass is 10.1. The first-order valence-electron chi connectivity index (χ1n) is 7.32. The molecule has 1 fully saturated rings. The van der Waals surface area contributed by atoms with Crippen LogP contribution in [0.3, 0.4) is 0 Å². The molecule has 1 aliphatic heterocycles. The Labute approximate surface area is 123 Å². The van der Waals surface area contributed by atoms with Crippen LogP contribution in [0.4, 0.5) is 5.82 Å². The number of hydrogen-bond donors (Lipinski definition) is 1. The molecule has 1 aliphatic rings. The molecule has 5 heteroatoms. The van der Waals surface area contributed by atoms with Crippen molar-refractivity contribution in [3.05, 3.63) is 41.6 Å². The number of para-hydroxylation sites is 1. The van der Waals surface area contributed by atoms with Crippen LogP contribution >= 0.6 is 0 Å². The molecule has 1 aromatic carbocycles. The summed E-state index contributed by atoms with van der Waals surface area (Å²) in [6.45, 7) is 3.53. The van der Waals surface area contributed by atoms with E-state index in [9.17, 15) is 9.90 Å². The van der Waals surface area contributed by atoms with Gasteiger partial charge in [0.1, 0.15) is 11.4 Å². The minimum atomic E-state index is -0.907. The van der Waals surface area contributed by atoms with Crippen LogP contribution in [-0.2, 0) is 0 Å². The normalized spacial score (nSPS) is 15.2. The zero-order valence-corrected chi connectivity index (χ0v) is 12.1. The monoisotopic (exact) mass is 285 g/mol. The third-order valence-corrected chi connectivity index (χ3v) is 3.91. The molecule has 0 aliphatic carbocycles. The number of aromatic nitrogens is 2. The molecular weight excluding hydrogens is 266 g/mol. The highest BCUT2D eigenvalue weighted by atomic mass is 16.4. The van der Waals surface area contributed by atoms with Crippen molar-refractivity contribution in [2.45, 2.75) is 26.2 Å². The van der Waals surface area contributed by atoms with E-state index in [2.05, 4.69) is 10.00 Å². The number of aromatic carboxylic acids is 1. The number of benzene rings is 1. The molecule has 21 heavy (non-hydrogen) atoms. The maximum atomic E-state index is 11.6. The summed E-state index contributed by atoms with van der Waals surface area (Å²) in [7, 11) is 0. The van der Waals surface area contributed by atoms with E-state index in [1.54, 1.807) is 11.6 Å². The smallest absolute Gasteiger partial charge is 0.341 e. The van der Waals surface area contributed by atoms with Gasteiger partial charge in [-0.25, -0.2) is 9.48 Å². The third-order valence-electron chi connectivity index (χ3n) is 3.91. The number of hydrogen-bond acceptors (Lipinski definition) is 3. The molecule has 0 bridgehead atoms. The van der Waals surface area contributed by atoms with E-state index in [0.717, 1.165) is 31.6 Å². The van der Waals surface area contributed by atoms with Gasteiger partial charge in [-0.3, -0.25) is 0 Å². The predicted molar refractivity (Wildman–Crippen MR) is 81.3 cm³/mol. The van der Waals surface area contributed by atoms with Gasteiger partial charge in [-0.05, 0) is 38.3 Å². The highest BCUT2D eigenvalue weighted by Gasteiger charge is 2.27. The molecule has 2 aromatic rings. The van der Waals surface area contributed by atoms with Crippen LogP contribution in [0.1, 0.15) is 35.3 Å². The van der Waals surface area contributed by atoms with Crippen LogP contribution in [0.25, 0.3) is 5.69 Å². The maximum absolute atomic E-state index is 11.6. The van der Waals surface area contributed by atoms with Gasteiger partial charge in [0.25, 0.3) is 0 Å². The van der Waals surface area contributed by atoms with Crippen LogP contribution in [0, 0.1) is 6.92 Å². The summed E-state index contributed by atoms with van der Waals surface area (Å²) in [6, 6.07) is 9.72. The van der Waals surface area contributed by atoms with Crippen LogP contribution in [0.2, 0.25) is 0 Å². The maximum Gasteiger partial charge on any atom is 0.341 e. The number of aryl methyl sites for hydroxylation is 1. The van der Waals surface area contributed by atoms with E-state index in [4.69, 9.17) is 0 Å². The summed E-state index contributed by atoms with van der Waals surface area (Å²) in [6.07, 6.45) is 3.40. The highest BCUT2D eigenvalue weighted by Crippen LogP contribution is 2.29. The molecule has 0 radical (unpaired) electrons. The molecule has 5 nitrogen and oxygen atoms in total. The average molecular weight is 285 g/mol. The summed E-state index contributed by atoms with van der Waals surface area (Å²) in [5.74, 6) is -0.193. The van der Waals surface area contributed by atoms with Crippen molar-refractivity contribution >= 4 is 11.8 Å². The van der Waals surface area contributed by atoms with Gasteiger partial charge in [-0.2, -0.15) is 5.10 Å². The largest absolute Gasteiger partial charge is 0.477 e. The van der Waals surface area contributed by atoms with Gasteiger partial charge in [0.15, 0.2) is 0 Å². The van der Waals surface area contributed by atoms with Crippen LogP contribution in [-0.4, -0.2) is 33.9 Å². The summed E-state index contributed by atoms with van der Waals surface area (Å²) in [5, 5.41) is 14.0. The standard InChI is InChI=1S/C16H19N3O2/c1-12-14(16(20)21)15(18-10-6-3-7-11-18)19(17-12)13-8-4-2-5-9-13/h2,4-5,8-9H,3,6-7,10-11H2,1H3,(H,20,21). The molecule has 0 saturated carbocycles. The lowest BCUT2D eigenvalue weighted by Gasteiger charge is -2.29. The first-order valence-corrected chi connectivity index (χ1v) is 7.32. The second kappa shape index (κ2) is 5.60. The second-order valence-corrected chi connectivity index (χ2v) is 5.38. The number of carboxylic acids is 1. The second-order valence-electron chi connectivity index (χ2n) is 5.38. The van der Waals surface area contributed by atoms with Crippen molar-refractivity contribution in [1.82, 2.24) is 9.78 Å². The van der Waals surface area contributed by atoms with E-state index in [0.29, 0.717) is 17.1 Å².